The van der Waals surface area contributed by atoms with Crippen LogP contribution in [-0.4, -0.2) is 9.78 Å². The Morgan fingerprint density at radius 2 is 2.30 bits per heavy atom. The molecule has 0 aliphatic rings. The maximum Gasteiger partial charge on any atom is 0.128 e. The molecular formula is C6H8ClIN2. The van der Waals surface area contributed by atoms with Gasteiger partial charge in [0.15, 0.2) is 0 Å². The van der Waals surface area contributed by atoms with Crippen molar-refractivity contribution in [1.82, 2.24) is 9.78 Å². The SMILES string of the molecule is Cc1c(CCl)c(I)nn1C. The molecule has 1 heterocycles. The monoisotopic (exact) mass is 270 g/mol. The molecule has 0 fully saturated rings. The van der Waals surface area contributed by atoms with E-state index in [4.69, 9.17) is 11.6 Å². The second-order valence-corrected chi connectivity index (χ2v) is 3.40. The molecule has 1 rings (SSSR count). The average molecular weight is 271 g/mol. The quantitative estimate of drug-likeness (QED) is 0.564. The van der Waals surface area contributed by atoms with Crippen LogP contribution in [0.1, 0.15) is 11.3 Å². The maximum atomic E-state index is 5.69. The van der Waals surface area contributed by atoms with Crippen LogP contribution in [-0.2, 0) is 12.9 Å². The van der Waals surface area contributed by atoms with Crippen LogP contribution in [0.5, 0.6) is 0 Å². The van der Waals surface area contributed by atoms with E-state index < -0.39 is 0 Å². The van der Waals surface area contributed by atoms with E-state index in [-0.39, 0.29) is 0 Å². The first-order valence-electron chi connectivity index (χ1n) is 2.90. The highest BCUT2D eigenvalue weighted by Gasteiger charge is 2.07. The predicted molar refractivity (Wildman–Crippen MR) is 50.2 cm³/mol. The Balaban J connectivity index is 3.20. The van der Waals surface area contributed by atoms with Gasteiger partial charge in [0, 0.05) is 18.3 Å². The second-order valence-electron chi connectivity index (χ2n) is 2.11. The molecule has 0 radical (unpaired) electrons. The van der Waals surface area contributed by atoms with Crippen LogP contribution in [0.2, 0.25) is 0 Å². The standard InChI is InChI=1S/C6H8ClIN2/c1-4-5(3-7)6(8)9-10(4)2/h3H2,1-2H3. The molecule has 10 heavy (non-hydrogen) atoms. The van der Waals surface area contributed by atoms with Gasteiger partial charge < -0.3 is 0 Å². The van der Waals surface area contributed by atoms with Gasteiger partial charge in [0.2, 0.25) is 0 Å². The topological polar surface area (TPSA) is 17.8 Å². The summed E-state index contributed by atoms with van der Waals surface area (Å²) in [7, 11) is 1.92. The molecular weight excluding hydrogens is 262 g/mol. The first kappa shape index (κ1) is 8.33. The van der Waals surface area contributed by atoms with Gasteiger partial charge in [-0.15, -0.1) is 11.6 Å². The van der Waals surface area contributed by atoms with Gasteiger partial charge in [-0.2, -0.15) is 5.10 Å². The van der Waals surface area contributed by atoms with Crippen molar-refractivity contribution in [2.45, 2.75) is 12.8 Å². The zero-order valence-corrected chi connectivity index (χ0v) is 8.77. The molecule has 4 heteroatoms. The molecule has 0 unspecified atom stereocenters. The highest BCUT2D eigenvalue weighted by atomic mass is 127. The van der Waals surface area contributed by atoms with Crippen LogP contribution in [0.15, 0.2) is 0 Å². The third-order valence-electron chi connectivity index (χ3n) is 1.54. The molecule has 1 aromatic rings. The average Bonchev–Trinajstić information content (AvgIpc) is 2.09. The fraction of sp³-hybridized carbons (Fsp3) is 0.500. The number of hydrogen-bond donors (Lipinski definition) is 0. The third kappa shape index (κ3) is 1.29. The zero-order valence-electron chi connectivity index (χ0n) is 5.86. The van der Waals surface area contributed by atoms with E-state index >= 15 is 0 Å². The predicted octanol–water partition coefficient (Wildman–Crippen LogP) is 2.07. The van der Waals surface area contributed by atoms with Gasteiger partial charge in [-0.25, -0.2) is 0 Å². The molecule has 0 amide bonds. The third-order valence-corrected chi connectivity index (χ3v) is 2.68. The Morgan fingerprint density at radius 3 is 2.50 bits per heavy atom. The second kappa shape index (κ2) is 3.09. The van der Waals surface area contributed by atoms with Crippen molar-refractivity contribution in [3.63, 3.8) is 0 Å². The first-order chi connectivity index (χ1) is 4.66. The van der Waals surface area contributed by atoms with Crippen LogP contribution in [0.3, 0.4) is 0 Å². The summed E-state index contributed by atoms with van der Waals surface area (Å²) >= 11 is 7.88. The molecule has 1 aromatic heterocycles. The number of aryl methyl sites for hydroxylation is 1. The van der Waals surface area contributed by atoms with E-state index in [1.165, 1.54) is 0 Å². The first-order valence-corrected chi connectivity index (χ1v) is 4.52. The van der Waals surface area contributed by atoms with Crippen molar-refractivity contribution in [2.75, 3.05) is 0 Å². The molecule has 0 atom stereocenters. The Bertz CT molecular complexity index is 244. The number of alkyl halides is 1. The highest BCUT2D eigenvalue weighted by Crippen LogP contribution is 2.16. The Labute approximate surface area is 78.7 Å². The van der Waals surface area contributed by atoms with Crippen LogP contribution in [0, 0.1) is 10.6 Å². The summed E-state index contributed by atoms with van der Waals surface area (Å²) in [6.45, 7) is 2.02. The summed E-state index contributed by atoms with van der Waals surface area (Å²) in [4.78, 5) is 0. The molecule has 0 aliphatic heterocycles. The minimum atomic E-state index is 0.554. The molecule has 2 nitrogen and oxygen atoms in total. The van der Waals surface area contributed by atoms with Gasteiger partial charge in [0.1, 0.15) is 3.70 Å². The van der Waals surface area contributed by atoms with Crippen LogP contribution < -0.4 is 0 Å². The summed E-state index contributed by atoms with van der Waals surface area (Å²) in [6.07, 6.45) is 0. The number of aromatic nitrogens is 2. The molecule has 0 aromatic carbocycles. The van der Waals surface area contributed by atoms with E-state index in [2.05, 4.69) is 27.7 Å². The van der Waals surface area contributed by atoms with Crippen LogP contribution >= 0.6 is 34.2 Å². The van der Waals surface area contributed by atoms with Crippen molar-refractivity contribution in [3.05, 3.63) is 15.0 Å². The van der Waals surface area contributed by atoms with Crippen LogP contribution in [0.25, 0.3) is 0 Å². The lowest BCUT2D eigenvalue weighted by molar-refractivity contribution is 0.733. The zero-order chi connectivity index (χ0) is 7.72. The lowest BCUT2D eigenvalue weighted by atomic mass is 10.3. The minimum absolute atomic E-state index is 0.554. The van der Waals surface area contributed by atoms with Gasteiger partial charge in [-0.1, -0.05) is 0 Å². The molecule has 0 N–H and O–H groups in total. The van der Waals surface area contributed by atoms with E-state index in [0.717, 1.165) is 15.0 Å². The van der Waals surface area contributed by atoms with Gasteiger partial charge >= 0.3 is 0 Å². The van der Waals surface area contributed by atoms with E-state index in [1.807, 2.05) is 18.7 Å². The number of hydrogen-bond acceptors (Lipinski definition) is 1. The summed E-state index contributed by atoms with van der Waals surface area (Å²) in [6, 6.07) is 0. The maximum absolute atomic E-state index is 5.69. The van der Waals surface area contributed by atoms with Gasteiger partial charge in [-0.05, 0) is 29.5 Å². The van der Waals surface area contributed by atoms with Crippen LogP contribution in [0.4, 0.5) is 0 Å². The fourth-order valence-electron chi connectivity index (χ4n) is 0.763. The summed E-state index contributed by atoms with van der Waals surface area (Å²) in [5.74, 6) is 0.554. The van der Waals surface area contributed by atoms with E-state index in [1.54, 1.807) is 0 Å². The lowest BCUT2D eigenvalue weighted by Crippen LogP contribution is -1.92. The number of nitrogens with zero attached hydrogens (tertiary/aromatic N) is 2. The van der Waals surface area contributed by atoms with Gasteiger partial charge in [-0.3, -0.25) is 4.68 Å². The normalized spacial score (nSPS) is 10.4. The Kier molecular flexibility index (Phi) is 2.57. The minimum Gasteiger partial charge on any atom is -0.272 e. The van der Waals surface area contributed by atoms with Crippen molar-refractivity contribution in [1.29, 1.82) is 0 Å². The lowest BCUT2D eigenvalue weighted by Gasteiger charge is -1.93. The Hall–Kier alpha value is 0.230. The molecule has 0 aliphatic carbocycles. The van der Waals surface area contributed by atoms with Gasteiger partial charge in [0.05, 0.1) is 5.88 Å². The van der Waals surface area contributed by atoms with Crippen molar-refractivity contribution >= 4 is 34.2 Å². The van der Waals surface area contributed by atoms with Crippen molar-refractivity contribution in [2.24, 2.45) is 7.05 Å². The summed E-state index contributed by atoms with van der Waals surface area (Å²) < 4.78 is 2.85. The van der Waals surface area contributed by atoms with E-state index in [0.29, 0.717) is 5.88 Å². The molecule has 0 spiro atoms. The Morgan fingerprint density at radius 1 is 1.70 bits per heavy atom. The fourth-order valence-corrected chi connectivity index (χ4v) is 2.21. The molecule has 0 saturated carbocycles. The van der Waals surface area contributed by atoms with E-state index in [9.17, 15) is 0 Å². The number of rotatable bonds is 1. The van der Waals surface area contributed by atoms with Crippen molar-refractivity contribution in [3.8, 4) is 0 Å². The van der Waals surface area contributed by atoms with Crippen molar-refractivity contribution < 1.29 is 0 Å². The smallest absolute Gasteiger partial charge is 0.128 e. The molecule has 0 bridgehead atoms. The number of halogens is 2. The molecule has 56 valence electrons. The highest BCUT2D eigenvalue weighted by molar-refractivity contribution is 14.1. The summed E-state index contributed by atoms with van der Waals surface area (Å²) in [5, 5.41) is 4.20. The summed E-state index contributed by atoms with van der Waals surface area (Å²) in [5.41, 5.74) is 2.30. The molecule has 0 saturated heterocycles. The van der Waals surface area contributed by atoms with Gasteiger partial charge in [0.25, 0.3) is 0 Å². The largest absolute Gasteiger partial charge is 0.272 e.